The summed E-state index contributed by atoms with van der Waals surface area (Å²) in [6.45, 7) is 1.50. The summed E-state index contributed by atoms with van der Waals surface area (Å²) in [7, 11) is 0. The molecule has 0 aromatic heterocycles. The molecular formula is C14H12FNO4. The number of ether oxygens (including phenoxy) is 1. The Morgan fingerprint density at radius 2 is 1.90 bits per heavy atom. The first-order valence-electron chi connectivity index (χ1n) is 5.88. The lowest BCUT2D eigenvalue weighted by molar-refractivity contribution is -0.384. The van der Waals surface area contributed by atoms with Crippen molar-refractivity contribution in [3.8, 4) is 11.5 Å². The van der Waals surface area contributed by atoms with Crippen LogP contribution >= 0.6 is 0 Å². The van der Waals surface area contributed by atoms with Crippen LogP contribution in [0.2, 0.25) is 0 Å². The molecule has 0 amide bonds. The number of nitro groups is 1. The molecule has 20 heavy (non-hydrogen) atoms. The van der Waals surface area contributed by atoms with Crippen molar-refractivity contribution in [3.05, 3.63) is 64.0 Å². The van der Waals surface area contributed by atoms with E-state index in [1.54, 1.807) is 6.07 Å². The number of rotatable bonds is 4. The Morgan fingerprint density at radius 3 is 2.45 bits per heavy atom. The Morgan fingerprint density at radius 1 is 1.25 bits per heavy atom. The number of halogens is 1. The van der Waals surface area contributed by atoms with Crippen molar-refractivity contribution in [2.45, 2.75) is 13.0 Å². The highest BCUT2D eigenvalue weighted by Crippen LogP contribution is 2.32. The fraction of sp³-hybridized carbons (Fsp3) is 0.143. The second kappa shape index (κ2) is 5.66. The summed E-state index contributed by atoms with van der Waals surface area (Å²) in [6, 6.07) is 9.50. The van der Waals surface area contributed by atoms with E-state index in [0.29, 0.717) is 5.56 Å². The van der Waals surface area contributed by atoms with Gasteiger partial charge in [-0.2, -0.15) is 0 Å². The van der Waals surface area contributed by atoms with Crippen molar-refractivity contribution in [2.24, 2.45) is 0 Å². The molecule has 0 radical (unpaired) electrons. The van der Waals surface area contributed by atoms with E-state index in [0.717, 1.165) is 0 Å². The number of benzene rings is 2. The fourth-order valence-electron chi connectivity index (χ4n) is 1.72. The van der Waals surface area contributed by atoms with Gasteiger partial charge in [0, 0.05) is 17.7 Å². The van der Waals surface area contributed by atoms with Crippen molar-refractivity contribution in [1.29, 1.82) is 0 Å². The molecule has 0 saturated heterocycles. The molecule has 5 nitrogen and oxygen atoms in total. The Balaban J connectivity index is 2.32. The third-order valence-corrected chi connectivity index (χ3v) is 2.71. The van der Waals surface area contributed by atoms with Crippen LogP contribution in [-0.4, -0.2) is 10.0 Å². The van der Waals surface area contributed by atoms with Gasteiger partial charge in [0.05, 0.1) is 11.0 Å². The minimum Gasteiger partial charge on any atom is -0.454 e. The summed E-state index contributed by atoms with van der Waals surface area (Å²) in [6.07, 6.45) is -0.890. The fourth-order valence-corrected chi connectivity index (χ4v) is 1.72. The number of aliphatic hydroxyl groups is 1. The van der Waals surface area contributed by atoms with Gasteiger partial charge in [-0.3, -0.25) is 10.1 Å². The molecule has 104 valence electrons. The highest BCUT2D eigenvalue weighted by atomic mass is 19.1. The normalized spacial score (nSPS) is 11.9. The lowest BCUT2D eigenvalue weighted by Gasteiger charge is -2.13. The molecule has 0 heterocycles. The molecule has 2 rings (SSSR count). The molecule has 6 heteroatoms. The van der Waals surface area contributed by atoms with E-state index < -0.39 is 16.8 Å². The van der Waals surface area contributed by atoms with Crippen molar-refractivity contribution in [2.75, 3.05) is 0 Å². The molecule has 0 aliphatic rings. The largest absolute Gasteiger partial charge is 0.454 e. The van der Waals surface area contributed by atoms with Crippen LogP contribution in [0.4, 0.5) is 10.1 Å². The van der Waals surface area contributed by atoms with E-state index in [2.05, 4.69) is 0 Å². The summed E-state index contributed by atoms with van der Waals surface area (Å²) < 4.78 is 19.1. The van der Waals surface area contributed by atoms with Crippen LogP contribution < -0.4 is 4.74 Å². The first-order chi connectivity index (χ1) is 9.49. The highest BCUT2D eigenvalue weighted by Gasteiger charge is 2.15. The smallest absolute Gasteiger partial charge is 0.269 e. The summed E-state index contributed by atoms with van der Waals surface area (Å²) in [5.41, 5.74) is 0.227. The molecule has 1 N–H and O–H groups in total. The molecule has 0 fully saturated rings. The second-order valence-electron chi connectivity index (χ2n) is 4.19. The van der Waals surface area contributed by atoms with Gasteiger partial charge in [-0.15, -0.1) is 0 Å². The van der Waals surface area contributed by atoms with Crippen molar-refractivity contribution in [1.82, 2.24) is 0 Å². The Bertz CT molecular complexity index is 626. The molecule has 0 aliphatic heterocycles. The van der Waals surface area contributed by atoms with Crippen LogP contribution in [0.1, 0.15) is 18.6 Å². The molecule has 2 aromatic rings. The number of para-hydroxylation sites is 1. The zero-order chi connectivity index (χ0) is 14.7. The number of nitro benzene ring substituents is 1. The monoisotopic (exact) mass is 277 g/mol. The molecule has 1 unspecified atom stereocenters. The van der Waals surface area contributed by atoms with E-state index in [4.69, 9.17) is 4.74 Å². The summed E-state index contributed by atoms with van der Waals surface area (Å²) in [4.78, 5) is 10.0. The van der Waals surface area contributed by atoms with Gasteiger partial charge in [-0.05, 0) is 25.1 Å². The molecular weight excluding hydrogens is 265 g/mol. The third kappa shape index (κ3) is 2.92. The third-order valence-electron chi connectivity index (χ3n) is 2.71. The lowest BCUT2D eigenvalue weighted by atomic mass is 10.1. The maximum absolute atomic E-state index is 13.8. The van der Waals surface area contributed by atoms with E-state index in [-0.39, 0.29) is 17.2 Å². The van der Waals surface area contributed by atoms with Crippen LogP contribution in [0.25, 0.3) is 0 Å². The van der Waals surface area contributed by atoms with E-state index in [1.165, 1.54) is 43.3 Å². The van der Waals surface area contributed by atoms with Gasteiger partial charge >= 0.3 is 0 Å². The molecule has 1 atom stereocenters. The van der Waals surface area contributed by atoms with Crippen LogP contribution in [0.5, 0.6) is 11.5 Å². The summed E-state index contributed by atoms with van der Waals surface area (Å²) in [5, 5.41) is 20.1. The lowest BCUT2D eigenvalue weighted by Crippen LogP contribution is -1.98. The Labute approximate surface area is 114 Å². The Hall–Kier alpha value is -2.47. The number of aliphatic hydroxyl groups excluding tert-OH is 1. The number of non-ortho nitro benzene ring substituents is 1. The molecule has 0 aliphatic carbocycles. The second-order valence-corrected chi connectivity index (χ2v) is 4.19. The number of hydrogen-bond donors (Lipinski definition) is 1. The summed E-state index contributed by atoms with van der Waals surface area (Å²) in [5.74, 6) is -0.444. The molecule has 0 saturated carbocycles. The van der Waals surface area contributed by atoms with Crippen molar-refractivity contribution in [3.63, 3.8) is 0 Å². The van der Waals surface area contributed by atoms with Crippen LogP contribution in [0.15, 0.2) is 42.5 Å². The SMILES string of the molecule is CC(O)c1cccc(F)c1Oc1ccc([N+](=O)[O-])cc1. The number of hydrogen-bond acceptors (Lipinski definition) is 4. The van der Waals surface area contributed by atoms with Gasteiger partial charge in [0.1, 0.15) is 5.75 Å². The van der Waals surface area contributed by atoms with E-state index in [9.17, 15) is 19.6 Å². The van der Waals surface area contributed by atoms with E-state index in [1.807, 2.05) is 0 Å². The number of nitrogens with zero attached hydrogens (tertiary/aromatic N) is 1. The highest BCUT2D eigenvalue weighted by molar-refractivity contribution is 5.42. The molecule has 0 bridgehead atoms. The van der Waals surface area contributed by atoms with Gasteiger partial charge in [-0.1, -0.05) is 12.1 Å². The first-order valence-corrected chi connectivity index (χ1v) is 5.88. The van der Waals surface area contributed by atoms with Crippen LogP contribution in [0, 0.1) is 15.9 Å². The first kappa shape index (κ1) is 14.0. The van der Waals surface area contributed by atoms with Crippen LogP contribution in [0.3, 0.4) is 0 Å². The van der Waals surface area contributed by atoms with Crippen molar-refractivity contribution >= 4 is 5.69 Å². The standard InChI is InChI=1S/C14H12FNO4/c1-9(17)12-3-2-4-13(15)14(12)20-11-7-5-10(6-8-11)16(18)19/h2-9,17H,1H3. The minimum absolute atomic E-state index is 0.0818. The average Bonchev–Trinajstić information content (AvgIpc) is 2.41. The summed E-state index contributed by atoms with van der Waals surface area (Å²) >= 11 is 0. The van der Waals surface area contributed by atoms with E-state index >= 15 is 0 Å². The van der Waals surface area contributed by atoms with Crippen LogP contribution in [-0.2, 0) is 0 Å². The average molecular weight is 277 g/mol. The maximum Gasteiger partial charge on any atom is 0.269 e. The Kier molecular flexibility index (Phi) is 3.95. The maximum atomic E-state index is 13.8. The van der Waals surface area contributed by atoms with Gasteiger partial charge < -0.3 is 9.84 Å². The zero-order valence-electron chi connectivity index (χ0n) is 10.6. The minimum atomic E-state index is -0.890. The topological polar surface area (TPSA) is 72.6 Å². The van der Waals surface area contributed by atoms with Gasteiger partial charge in [0.15, 0.2) is 11.6 Å². The quantitative estimate of drug-likeness (QED) is 0.684. The molecule has 2 aromatic carbocycles. The molecule has 0 spiro atoms. The predicted octanol–water partition coefficient (Wildman–Crippen LogP) is 3.58. The van der Waals surface area contributed by atoms with Gasteiger partial charge in [-0.25, -0.2) is 4.39 Å². The predicted molar refractivity (Wildman–Crippen MR) is 70.2 cm³/mol. The van der Waals surface area contributed by atoms with Crippen molar-refractivity contribution < 1.29 is 19.2 Å². The van der Waals surface area contributed by atoms with Gasteiger partial charge in [0.25, 0.3) is 5.69 Å². The van der Waals surface area contributed by atoms with Gasteiger partial charge in [0.2, 0.25) is 0 Å². The zero-order valence-corrected chi connectivity index (χ0v) is 10.6.